The van der Waals surface area contributed by atoms with E-state index in [1.807, 2.05) is 0 Å². The molecule has 0 bridgehead atoms. The number of aromatic nitrogens is 2. The number of amides is 2. The second-order valence-corrected chi connectivity index (χ2v) is 5.85. The molecule has 1 aromatic carbocycles. The lowest BCUT2D eigenvalue weighted by Gasteiger charge is -2.32. The van der Waals surface area contributed by atoms with E-state index >= 15 is 0 Å². The highest BCUT2D eigenvalue weighted by molar-refractivity contribution is 5.94. The Morgan fingerprint density at radius 2 is 1.80 bits per heavy atom. The van der Waals surface area contributed by atoms with E-state index in [2.05, 4.69) is 15.5 Å². The maximum absolute atomic E-state index is 12.9. The third-order valence-corrected chi connectivity index (χ3v) is 4.12. The van der Waals surface area contributed by atoms with Gasteiger partial charge in [0.1, 0.15) is 11.5 Å². The summed E-state index contributed by atoms with van der Waals surface area (Å²) in [5, 5.41) is 8.76. The van der Waals surface area contributed by atoms with Gasteiger partial charge in [0.25, 0.3) is 17.4 Å². The van der Waals surface area contributed by atoms with Crippen molar-refractivity contribution in [1.82, 2.24) is 20.4 Å². The summed E-state index contributed by atoms with van der Waals surface area (Å²) in [7, 11) is 0. The van der Waals surface area contributed by atoms with Crippen LogP contribution in [-0.4, -0.2) is 46.0 Å². The van der Waals surface area contributed by atoms with Gasteiger partial charge in [0.2, 0.25) is 0 Å². The molecule has 2 amide bonds. The highest BCUT2D eigenvalue weighted by Gasteiger charge is 2.25. The number of aromatic amines is 1. The molecule has 1 saturated heterocycles. The monoisotopic (exact) mass is 344 g/mol. The molecule has 2 aromatic rings. The molecule has 25 heavy (non-hydrogen) atoms. The van der Waals surface area contributed by atoms with Gasteiger partial charge in [0, 0.05) is 30.8 Å². The fourth-order valence-electron chi connectivity index (χ4n) is 2.73. The van der Waals surface area contributed by atoms with Gasteiger partial charge in [-0.15, -0.1) is 0 Å². The van der Waals surface area contributed by atoms with Crippen LogP contribution in [0.1, 0.15) is 33.7 Å². The van der Waals surface area contributed by atoms with E-state index in [1.54, 1.807) is 4.90 Å². The van der Waals surface area contributed by atoms with Gasteiger partial charge in [-0.2, -0.15) is 5.10 Å². The van der Waals surface area contributed by atoms with Crippen LogP contribution in [-0.2, 0) is 0 Å². The number of piperidine rings is 1. The molecule has 1 aliphatic rings. The largest absolute Gasteiger partial charge is 0.348 e. The van der Waals surface area contributed by atoms with Gasteiger partial charge in [-0.1, -0.05) is 0 Å². The Labute approximate surface area is 142 Å². The molecule has 0 radical (unpaired) electrons. The van der Waals surface area contributed by atoms with E-state index in [9.17, 15) is 18.8 Å². The van der Waals surface area contributed by atoms with Crippen LogP contribution in [0, 0.1) is 5.82 Å². The summed E-state index contributed by atoms with van der Waals surface area (Å²) in [6.45, 7) is 1.00. The van der Waals surface area contributed by atoms with E-state index in [4.69, 9.17) is 0 Å². The van der Waals surface area contributed by atoms with Crippen LogP contribution >= 0.6 is 0 Å². The van der Waals surface area contributed by atoms with Crippen LogP contribution in [0.3, 0.4) is 0 Å². The number of halogens is 1. The number of nitrogens with zero attached hydrogens (tertiary/aromatic N) is 2. The maximum Gasteiger partial charge on any atom is 0.271 e. The third-order valence-electron chi connectivity index (χ3n) is 4.12. The van der Waals surface area contributed by atoms with E-state index in [-0.39, 0.29) is 34.9 Å². The quantitative estimate of drug-likeness (QED) is 0.866. The van der Waals surface area contributed by atoms with Crippen molar-refractivity contribution >= 4 is 11.8 Å². The molecule has 7 nitrogen and oxygen atoms in total. The summed E-state index contributed by atoms with van der Waals surface area (Å²) >= 11 is 0. The Morgan fingerprint density at radius 3 is 2.40 bits per heavy atom. The predicted molar refractivity (Wildman–Crippen MR) is 87.6 cm³/mol. The lowest BCUT2D eigenvalue weighted by Crippen LogP contribution is -2.46. The number of rotatable bonds is 3. The Morgan fingerprint density at radius 1 is 1.12 bits per heavy atom. The first kappa shape index (κ1) is 16.8. The van der Waals surface area contributed by atoms with Gasteiger partial charge in [-0.25, -0.2) is 9.49 Å². The van der Waals surface area contributed by atoms with Crippen molar-refractivity contribution in [3.05, 3.63) is 63.8 Å². The normalized spacial score (nSPS) is 15.0. The summed E-state index contributed by atoms with van der Waals surface area (Å²) in [5.41, 5.74) is 0.218. The number of nitrogens with one attached hydrogen (secondary N) is 2. The smallest absolute Gasteiger partial charge is 0.271 e. The standard InChI is InChI=1S/C17H17FN4O3/c18-12-3-1-11(2-4-12)17(25)22-9-7-13(8-10-22)19-16(24)14-5-6-15(23)21-20-14/h1-6,13H,7-10H2,(H,19,24)(H,21,23). The molecule has 0 spiro atoms. The van der Waals surface area contributed by atoms with Gasteiger partial charge < -0.3 is 10.2 Å². The summed E-state index contributed by atoms with van der Waals surface area (Å²) < 4.78 is 12.9. The highest BCUT2D eigenvalue weighted by atomic mass is 19.1. The van der Waals surface area contributed by atoms with Crippen LogP contribution in [0.15, 0.2) is 41.2 Å². The van der Waals surface area contributed by atoms with Crippen LogP contribution < -0.4 is 10.9 Å². The molecule has 2 heterocycles. The SMILES string of the molecule is O=C(NC1CCN(C(=O)c2ccc(F)cc2)CC1)c1ccc(=O)[nH]n1. The summed E-state index contributed by atoms with van der Waals surface area (Å²) in [6, 6.07) is 7.99. The minimum atomic E-state index is -0.381. The van der Waals surface area contributed by atoms with Crippen molar-refractivity contribution in [2.45, 2.75) is 18.9 Å². The molecule has 1 aromatic heterocycles. The van der Waals surface area contributed by atoms with Crippen molar-refractivity contribution in [2.75, 3.05) is 13.1 Å². The fraction of sp³-hybridized carbons (Fsp3) is 0.294. The maximum atomic E-state index is 12.9. The molecule has 0 atom stereocenters. The minimum absolute atomic E-state index is 0.0708. The topological polar surface area (TPSA) is 95.2 Å². The zero-order valence-corrected chi connectivity index (χ0v) is 13.4. The third kappa shape index (κ3) is 4.09. The van der Waals surface area contributed by atoms with Gasteiger partial charge in [0.05, 0.1) is 0 Å². The number of carbonyl (C=O) groups excluding carboxylic acids is 2. The average molecular weight is 344 g/mol. The Balaban J connectivity index is 1.54. The number of H-pyrrole nitrogens is 1. The van der Waals surface area contributed by atoms with Crippen LogP contribution in [0.25, 0.3) is 0 Å². The zero-order valence-electron chi connectivity index (χ0n) is 13.4. The number of likely N-dealkylation sites (tertiary alicyclic amines) is 1. The molecule has 1 fully saturated rings. The lowest BCUT2D eigenvalue weighted by atomic mass is 10.0. The second-order valence-electron chi connectivity index (χ2n) is 5.85. The van der Waals surface area contributed by atoms with Crippen molar-refractivity contribution in [1.29, 1.82) is 0 Å². The molecule has 1 aliphatic heterocycles. The van der Waals surface area contributed by atoms with Crippen LogP contribution in [0.2, 0.25) is 0 Å². The van der Waals surface area contributed by atoms with Crippen molar-refractivity contribution in [2.24, 2.45) is 0 Å². The number of hydrogen-bond acceptors (Lipinski definition) is 4. The number of carbonyl (C=O) groups is 2. The summed E-state index contributed by atoms with van der Waals surface area (Å²) in [5.74, 6) is -0.888. The van der Waals surface area contributed by atoms with Gasteiger partial charge >= 0.3 is 0 Å². The van der Waals surface area contributed by atoms with Crippen LogP contribution in [0.5, 0.6) is 0 Å². The Hall–Kier alpha value is -3.03. The first-order valence-electron chi connectivity index (χ1n) is 7.94. The van der Waals surface area contributed by atoms with Gasteiger partial charge in [0.15, 0.2) is 0 Å². The first-order valence-corrected chi connectivity index (χ1v) is 7.94. The molecule has 130 valence electrons. The van der Waals surface area contributed by atoms with E-state index < -0.39 is 0 Å². The lowest BCUT2D eigenvalue weighted by molar-refractivity contribution is 0.0697. The molecular weight excluding hydrogens is 327 g/mol. The molecule has 3 rings (SSSR count). The molecule has 8 heteroatoms. The highest BCUT2D eigenvalue weighted by Crippen LogP contribution is 2.15. The Kier molecular flexibility index (Phi) is 4.87. The summed E-state index contributed by atoms with van der Waals surface area (Å²) in [6.07, 6.45) is 1.23. The van der Waals surface area contributed by atoms with E-state index in [1.165, 1.54) is 36.4 Å². The minimum Gasteiger partial charge on any atom is -0.348 e. The molecule has 0 unspecified atom stereocenters. The van der Waals surface area contributed by atoms with E-state index in [0.717, 1.165) is 0 Å². The van der Waals surface area contributed by atoms with Gasteiger partial charge in [-0.3, -0.25) is 14.4 Å². The van der Waals surface area contributed by atoms with Gasteiger partial charge in [-0.05, 0) is 43.2 Å². The predicted octanol–water partition coefficient (Wildman–Crippen LogP) is 0.944. The number of benzene rings is 1. The Bertz CT molecular complexity index is 806. The van der Waals surface area contributed by atoms with Crippen LogP contribution in [0.4, 0.5) is 4.39 Å². The van der Waals surface area contributed by atoms with Crippen molar-refractivity contribution < 1.29 is 14.0 Å². The molecule has 0 aliphatic carbocycles. The summed E-state index contributed by atoms with van der Waals surface area (Å²) in [4.78, 5) is 37.1. The van der Waals surface area contributed by atoms with Crippen molar-refractivity contribution in [3.8, 4) is 0 Å². The first-order chi connectivity index (χ1) is 12.0. The molecular formula is C17H17FN4O3. The molecule has 2 N–H and O–H groups in total. The molecule has 0 saturated carbocycles. The van der Waals surface area contributed by atoms with E-state index in [0.29, 0.717) is 31.5 Å². The number of hydrogen-bond donors (Lipinski definition) is 2. The van der Waals surface area contributed by atoms with Crippen molar-refractivity contribution in [3.63, 3.8) is 0 Å². The fourth-order valence-corrected chi connectivity index (χ4v) is 2.73. The zero-order chi connectivity index (χ0) is 17.8. The second kappa shape index (κ2) is 7.25. The average Bonchev–Trinajstić information content (AvgIpc) is 2.63.